The van der Waals surface area contributed by atoms with Gasteiger partial charge in [0.05, 0.1) is 17.7 Å². The fourth-order valence-electron chi connectivity index (χ4n) is 4.39. The standard InChI is InChI=1S/C22H27N3O2S/c1-15-18-13-19(28-21(18)25(2)24-15)20(26)23-14-22(11-5-4-6-12-22)16-7-9-17(27-3)10-8-16/h7-10,13H,4-6,11-12,14H2,1-3H3,(H,23,26). The van der Waals surface area contributed by atoms with E-state index in [1.54, 1.807) is 7.11 Å². The Labute approximate surface area is 169 Å². The van der Waals surface area contributed by atoms with Gasteiger partial charge in [0.1, 0.15) is 10.6 Å². The number of carbonyl (C=O) groups excluding carboxylic acids is 1. The van der Waals surface area contributed by atoms with Crippen LogP contribution in [0.25, 0.3) is 10.2 Å². The van der Waals surface area contributed by atoms with Crippen molar-refractivity contribution in [2.75, 3.05) is 13.7 Å². The van der Waals surface area contributed by atoms with Crippen LogP contribution < -0.4 is 10.1 Å². The summed E-state index contributed by atoms with van der Waals surface area (Å²) in [5, 5.41) is 8.73. The molecule has 1 amide bonds. The molecule has 1 aliphatic rings. The molecule has 0 radical (unpaired) electrons. The number of thiophene rings is 1. The van der Waals surface area contributed by atoms with E-state index < -0.39 is 0 Å². The Kier molecular flexibility index (Phi) is 5.15. The van der Waals surface area contributed by atoms with Crippen LogP contribution in [0, 0.1) is 6.92 Å². The Morgan fingerprint density at radius 3 is 2.61 bits per heavy atom. The van der Waals surface area contributed by atoms with Crippen LogP contribution in [-0.4, -0.2) is 29.3 Å². The number of hydrogen-bond acceptors (Lipinski definition) is 4. The molecular formula is C22H27N3O2S. The molecule has 0 bridgehead atoms. The topological polar surface area (TPSA) is 56.1 Å². The lowest BCUT2D eigenvalue weighted by Crippen LogP contribution is -2.42. The zero-order valence-electron chi connectivity index (χ0n) is 16.7. The average Bonchev–Trinajstić information content (AvgIpc) is 3.28. The molecule has 2 heterocycles. The summed E-state index contributed by atoms with van der Waals surface area (Å²) in [5.74, 6) is 0.882. The molecule has 1 fully saturated rings. The molecule has 0 atom stereocenters. The van der Waals surface area contributed by atoms with Crippen molar-refractivity contribution in [3.05, 3.63) is 46.5 Å². The van der Waals surface area contributed by atoms with Crippen LogP contribution >= 0.6 is 11.3 Å². The van der Waals surface area contributed by atoms with Gasteiger partial charge in [-0.25, -0.2) is 0 Å². The maximum atomic E-state index is 12.9. The number of nitrogens with one attached hydrogen (secondary N) is 1. The highest BCUT2D eigenvalue weighted by molar-refractivity contribution is 7.20. The third kappa shape index (κ3) is 3.41. The second-order valence-corrected chi connectivity index (χ2v) is 8.82. The normalized spacial score (nSPS) is 16.2. The number of hydrogen-bond donors (Lipinski definition) is 1. The molecule has 0 unspecified atom stereocenters. The van der Waals surface area contributed by atoms with Gasteiger partial charge in [0.25, 0.3) is 5.91 Å². The minimum Gasteiger partial charge on any atom is -0.497 e. The van der Waals surface area contributed by atoms with Crippen molar-refractivity contribution in [2.24, 2.45) is 7.05 Å². The van der Waals surface area contributed by atoms with Crippen LogP contribution in [0.15, 0.2) is 30.3 Å². The van der Waals surface area contributed by atoms with E-state index in [0.717, 1.165) is 39.4 Å². The van der Waals surface area contributed by atoms with Gasteiger partial charge < -0.3 is 10.1 Å². The molecule has 1 saturated carbocycles. The molecule has 5 nitrogen and oxygen atoms in total. The Balaban J connectivity index is 1.54. The molecule has 1 N–H and O–H groups in total. The summed E-state index contributed by atoms with van der Waals surface area (Å²) < 4.78 is 7.16. The lowest BCUT2D eigenvalue weighted by molar-refractivity contribution is 0.0940. The van der Waals surface area contributed by atoms with Gasteiger partial charge >= 0.3 is 0 Å². The maximum absolute atomic E-state index is 12.9. The van der Waals surface area contributed by atoms with Crippen molar-refractivity contribution >= 4 is 27.5 Å². The van der Waals surface area contributed by atoms with E-state index in [1.165, 1.54) is 36.2 Å². The van der Waals surface area contributed by atoms with Gasteiger partial charge in [-0.1, -0.05) is 31.4 Å². The summed E-state index contributed by atoms with van der Waals surface area (Å²) in [6, 6.07) is 10.3. The van der Waals surface area contributed by atoms with E-state index in [1.807, 2.05) is 36.9 Å². The lowest BCUT2D eigenvalue weighted by atomic mass is 9.69. The number of methoxy groups -OCH3 is 1. The summed E-state index contributed by atoms with van der Waals surface area (Å²) in [4.78, 5) is 14.7. The van der Waals surface area contributed by atoms with Crippen LogP contribution in [0.2, 0.25) is 0 Å². The Morgan fingerprint density at radius 1 is 1.25 bits per heavy atom. The first-order chi connectivity index (χ1) is 13.5. The quantitative estimate of drug-likeness (QED) is 0.685. The van der Waals surface area contributed by atoms with Crippen molar-refractivity contribution in [1.29, 1.82) is 0 Å². The predicted octanol–water partition coefficient (Wildman–Crippen LogP) is 4.58. The Bertz CT molecular complexity index is 947. The second-order valence-electron chi connectivity index (χ2n) is 7.79. The van der Waals surface area contributed by atoms with Gasteiger partial charge in [-0.15, -0.1) is 11.3 Å². The molecule has 1 aromatic carbocycles. The third-order valence-electron chi connectivity index (χ3n) is 6.02. The number of benzene rings is 1. The van der Waals surface area contributed by atoms with Crippen molar-refractivity contribution in [1.82, 2.24) is 15.1 Å². The summed E-state index contributed by atoms with van der Waals surface area (Å²) in [5.41, 5.74) is 2.27. The summed E-state index contributed by atoms with van der Waals surface area (Å²) in [7, 11) is 3.61. The lowest BCUT2D eigenvalue weighted by Gasteiger charge is -2.38. The first-order valence-electron chi connectivity index (χ1n) is 9.88. The summed E-state index contributed by atoms with van der Waals surface area (Å²) in [6.45, 7) is 2.65. The summed E-state index contributed by atoms with van der Waals surface area (Å²) >= 11 is 1.51. The first kappa shape index (κ1) is 19.0. The van der Waals surface area contributed by atoms with E-state index in [0.29, 0.717) is 6.54 Å². The van der Waals surface area contributed by atoms with E-state index in [-0.39, 0.29) is 11.3 Å². The van der Waals surface area contributed by atoms with E-state index in [2.05, 4.69) is 22.5 Å². The number of aromatic nitrogens is 2. The number of carbonyl (C=O) groups is 1. The molecular weight excluding hydrogens is 370 g/mol. The first-order valence-corrected chi connectivity index (χ1v) is 10.7. The number of ether oxygens (including phenoxy) is 1. The van der Waals surface area contributed by atoms with Crippen molar-refractivity contribution in [3.63, 3.8) is 0 Å². The largest absolute Gasteiger partial charge is 0.497 e. The number of aryl methyl sites for hydroxylation is 2. The van der Waals surface area contributed by atoms with Gasteiger partial charge in [0.15, 0.2) is 0 Å². The highest BCUT2D eigenvalue weighted by Gasteiger charge is 2.34. The molecule has 28 heavy (non-hydrogen) atoms. The van der Waals surface area contributed by atoms with Crippen molar-refractivity contribution < 1.29 is 9.53 Å². The zero-order chi connectivity index (χ0) is 19.7. The fourth-order valence-corrected chi connectivity index (χ4v) is 5.43. The smallest absolute Gasteiger partial charge is 0.261 e. The van der Waals surface area contributed by atoms with E-state index in [4.69, 9.17) is 4.74 Å². The fraction of sp³-hybridized carbons (Fsp3) is 0.455. The van der Waals surface area contributed by atoms with E-state index >= 15 is 0 Å². The maximum Gasteiger partial charge on any atom is 0.261 e. The molecule has 0 saturated heterocycles. The molecule has 3 aromatic rings. The van der Waals surface area contributed by atoms with Gasteiger partial charge in [0.2, 0.25) is 0 Å². The van der Waals surface area contributed by atoms with Crippen LogP contribution in [-0.2, 0) is 12.5 Å². The molecule has 148 valence electrons. The molecule has 6 heteroatoms. The molecule has 0 aliphatic heterocycles. The third-order valence-corrected chi connectivity index (χ3v) is 7.22. The van der Waals surface area contributed by atoms with Gasteiger partial charge in [-0.05, 0) is 43.5 Å². The van der Waals surface area contributed by atoms with E-state index in [9.17, 15) is 4.79 Å². The van der Waals surface area contributed by atoms with Gasteiger partial charge in [-0.3, -0.25) is 9.48 Å². The molecule has 2 aromatic heterocycles. The van der Waals surface area contributed by atoms with Crippen LogP contribution in [0.3, 0.4) is 0 Å². The van der Waals surface area contributed by atoms with Crippen molar-refractivity contribution in [3.8, 4) is 5.75 Å². The van der Waals surface area contributed by atoms with Gasteiger partial charge in [-0.2, -0.15) is 5.10 Å². The van der Waals surface area contributed by atoms with Gasteiger partial charge in [0, 0.05) is 24.4 Å². The summed E-state index contributed by atoms with van der Waals surface area (Å²) in [6.07, 6.45) is 5.89. The second kappa shape index (κ2) is 7.59. The molecule has 4 rings (SSSR count). The highest BCUT2D eigenvalue weighted by Crippen LogP contribution is 2.39. The van der Waals surface area contributed by atoms with Crippen LogP contribution in [0.4, 0.5) is 0 Å². The molecule has 0 spiro atoms. The minimum absolute atomic E-state index is 0.00827. The Hall–Kier alpha value is -2.34. The monoisotopic (exact) mass is 397 g/mol. The predicted molar refractivity (Wildman–Crippen MR) is 113 cm³/mol. The number of nitrogens with zero attached hydrogens (tertiary/aromatic N) is 2. The SMILES string of the molecule is COc1ccc(C2(CNC(=O)c3cc4c(C)nn(C)c4s3)CCCCC2)cc1. The number of fused-ring (bicyclic) bond motifs is 1. The minimum atomic E-state index is 0.00827. The average molecular weight is 398 g/mol. The van der Waals surface area contributed by atoms with Crippen molar-refractivity contribution in [2.45, 2.75) is 44.4 Å². The Morgan fingerprint density at radius 2 is 1.96 bits per heavy atom. The zero-order valence-corrected chi connectivity index (χ0v) is 17.6. The number of amides is 1. The number of rotatable bonds is 5. The van der Waals surface area contributed by atoms with Crippen LogP contribution in [0.1, 0.15) is 53.0 Å². The van der Waals surface area contributed by atoms with Crippen LogP contribution in [0.5, 0.6) is 5.75 Å². The molecule has 1 aliphatic carbocycles. The highest BCUT2D eigenvalue weighted by atomic mass is 32.1.